The molecule has 29 heavy (non-hydrogen) atoms. The Bertz CT molecular complexity index is 1090. The highest BCUT2D eigenvalue weighted by Crippen LogP contribution is 2.25. The molecule has 0 spiro atoms. The zero-order valence-corrected chi connectivity index (χ0v) is 16.8. The van der Waals surface area contributed by atoms with Crippen molar-refractivity contribution >= 4 is 22.4 Å². The Morgan fingerprint density at radius 1 is 1.14 bits per heavy atom. The third-order valence-corrected chi connectivity index (χ3v) is 5.24. The van der Waals surface area contributed by atoms with Crippen molar-refractivity contribution in [2.24, 2.45) is 0 Å². The number of benzene rings is 1. The monoisotopic (exact) mass is 404 g/mol. The smallest absolute Gasteiger partial charge is 0.261 e. The second kappa shape index (κ2) is 8.74. The molecule has 3 heterocycles. The topological polar surface area (TPSA) is 85.6 Å². The highest BCUT2D eigenvalue weighted by Gasteiger charge is 2.20. The molecule has 0 radical (unpaired) electrons. The summed E-state index contributed by atoms with van der Waals surface area (Å²) in [4.78, 5) is 17.2. The van der Waals surface area contributed by atoms with Gasteiger partial charge in [-0.3, -0.25) is 15.1 Å². The molecule has 1 aromatic carbocycles. The summed E-state index contributed by atoms with van der Waals surface area (Å²) < 4.78 is 1.70. The van der Waals surface area contributed by atoms with E-state index < -0.39 is 0 Å². The number of hydrogen-bond donors (Lipinski definition) is 1. The summed E-state index contributed by atoms with van der Waals surface area (Å²) in [6, 6.07) is 13.4. The van der Waals surface area contributed by atoms with Crippen LogP contribution in [0.15, 0.2) is 61.1 Å². The Kier molecular flexibility index (Phi) is 5.71. The van der Waals surface area contributed by atoms with Gasteiger partial charge in [0.2, 0.25) is 5.13 Å². The van der Waals surface area contributed by atoms with Crippen LogP contribution >= 0.6 is 11.3 Å². The van der Waals surface area contributed by atoms with Crippen molar-refractivity contribution < 1.29 is 4.79 Å². The SMILES string of the molecule is CCCCc1nnc(NC(=O)c2cn(-c3ccccc3)nc2-c2cccnc2)s1. The lowest BCUT2D eigenvalue weighted by molar-refractivity contribution is 0.102. The van der Waals surface area contributed by atoms with E-state index in [0.29, 0.717) is 16.4 Å². The van der Waals surface area contributed by atoms with Crippen molar-refractivity contribution in [3.8, 4) is 16.9 Å². The summed E-state index contributed by atoms with van der Waals surface area (Å²) >= 11 is 1.41. The van der Waals surface area contributed by atoms with E-state index in [0.717, 1.165) is 35.5 Å². The molecule has 0 saturated heterocycles. The highest BCUT2D eigenvalue weighted by atomic mass is 32.1. The van der Waals surface area contributed by atoms with E-state index in [-0.39, 0.29) is 5.91 Å². The molecule has 0 fully saturated rings. The summed E-state index contributed by atoms with van der Waals surface area (Å²) in [6.07, 6.45) is 8.13. The molecule has 7 nitrogen and oxygen atoms in total. The third-order valence-electron chi connectivity index (χ3n) is 4.35. The zero-order chi connectivity index (χ0) is 20.1. The molecule has 8 heteroatoms. The number of unbranched alkanes of at least 4 members (excludes halogenated alkanes) is 1. The minimum absolute atomic E-state index is 0.274. The van der Waals surface area contributed by atoms with Crippen LogP contribution in [0.2, 0.25) is 0 Å². The van der Waals surface area contributed by atoms with Crippen LogP contribution in [0.3, 0.4) is 0 Å². The van der Waals surface area contributed by atoms with Crippen LogP contribution in [0.1, 0.15) is 35.1 Å². The molecule has 146 valence electrons. The van der Waals surface area contributed by atoms with Gasteiger partial charge in [-0.2, -0.15) is 5.10 Å². The fourth-order valence-electron chi connectivity index (χ4n) is 2.87. The zero-order valence-electron chi connectivity index (χ0n) is 15.9. The number of hydrogen-bond acceptors (Lipinski definition) is 6. The Morgan fingerprint density at radius 2 is 2.00 bits per heavy atom. The average molecular weight is 404 g/mol. The number of anilines is 1. The normalized spacial score (nSPS) is 10.8. The molecule has 4 rings (SSSR count). The molecule has 0 atom stereocenters. The second-order valence-electron chi connectivity index (χ2n) is 6.47. The number of nitrogens with zero attached hydrogens (tertiary/aromatic N) is 5. The van der Waals surface area contributed by atoms with E-state index in [1.807, 2.05) is 42.5 Å². The molecule has 4 aromatic rings. The Balaban J connectivity index is 1.65. The fraction of sp³-hybridized carbons (Fsp3) is 0.190. The third kappa shape index (κ3) is 4.38. The van der Waals surface area contributed by atoms with E-state index in [4.69, 9.17) is 0 Å². The molecule has 3 aromatic heterocycles. The first kappa shape index (κ1) is 18.9. The van der Waals surface area contributed by atoms with Crippen LogP contribution in [0.25, 0.3) is 16.9 Å². The number of rotatable bonds is 7. The maximum Gasteiger partial charge on any atom is 0.261 e. The van der Waals surface area contributed by atoms with E-state index in [1.165, 1.54) is 11.3 Å². The van der Waals surface area contributed by atoms with Gasteiger partial charge in [0.05, 0.1) is 11.3 Å². The first-order valence-electron chi connectivity index (χ1n) is 9.44. The molecule has 0 aliphatic rings. The van der Waals surface area contributed by atoms with E-state index in [1.54, 1.807) is 23.3 Å². The fourth-order valence-corrected chi connectivity index (χ4v) is 3.64. The predicted molar refractivity (Wildman–Crippen MR) is 113 cm³/mol. The van der Waals surface area contributed by atoms with Gasteiger partial charge >= 0.3 is 0 Å². The molecular weight excluding hydrogens is 384 g/mol. The first-order chi connectivity index (χ1) is 14.2. The van der Waals surface area contributed by atoms with Gasteiger partial charge in [0.15, 0.2) is 0 Å². The van der Waals surface area contributed by atoms with Crippen LogP contribution in [0, 0.1) is 0 Å². The van der Waals surface area contributed by atoms with Crippen LogP contribution in [-0.4, -0.2) is 30.9 Å². The lowest BCUT2D eigenvalue weighted by Crippen LogP contribution is -2.12. The lowest BCUT2D eigenvalue weighted by atomic mass is 10.1. The number of carbonyl (C=O) groups excluding carboxylic acids is 1. The van der Waals surface area contributed by atoms with Crippen molar-refractivity contribution in [2.75, 3.05) is 5.32 Å². The number of nitrogens with one attached hydrogen (secondary N) is 1. The molecule has 0 aliphatic heterocycles. The molecule has 0 aliphatic carbocycles. The molecule has 0 unspecified atom stereocenters. The van der Waals surface area contributed by atoms with Crippen LogP contribution < -0.4 is 5.32 Å². The number of para-hydroxylation sites is 1. The molecular formula is C21H20N6OS. The number of pyridine rings is 1. The quantitative estimate of drug-likeness (QED) is 0.494. The Labute approximate surface area is 172 Å². The maximum atomic E-state index is 13.0. The number of aromatic nitrogens is 5. The first-order valence-corrected chi connectivity index (χ1v) is 10.3. The van der Waals surface area contributed by atoms with Gasteiger partial charge in [0, 0.05) is 30.6 Å². The average Bonchev–Trinajstić information content (AvgIpc) is 3.41. The molecule has 0 bridgehead atoms. The van der Waals surface area contributed by atoms with Crippen molar-refractivity contribution in [1.29, 1.82) is 0 Å². The summed E-state index contributed by atoms with van der Waals surface area (Å²) in [5, 5.41) is 17.2. The van der Waals surface area contributed by atoms with Crippen molar-refractivity contribution in [1.82, 2.24) is 25.0 Å². The van der Waals surface area contributed by atoms with Crippen molar-refractivity contribution in [3.63, 3.8) is 0 Å². The van der Waals surface area contributed by atoms with Gasteiger partial charge in [-0.1, -0.05) is 42.9 Å². The van der Waals surface area contributed by atoms with Crippen LogP contribution in [0.4, 0.5) is 5.13 Å². The summed E-state index contributed by atoms with van der Waals surface area (Å²) in [5.41, 5.74) is 2.66. The summed E-state index contributed by atoms with van der Waals surface area (Å²) in [7, 11) is 0. The number of amides is 1. The number of aryl methyl sites for hydroxylation is 1. The molecule has 1 amide bonds. The van der Waals surface area contributed by atoms with Crippen molar-refractivity contribution in [3.05, 3.63) is 71.6 Å². The van der Waals surface area contributed by atoms with E-state index in [9.17, 15) is 4.79 Å². The summed E-state index contributed by atoms with van der Waals surface area (Å²) in [5.74, 6) is -0.274. The van der Waals surface area contributed by atoms with Gasteiger partial charge in [0.25, 0.3) is 5.91 Å². The summed E-state index contributed by atoms with van der Waals surface area (Å²) in [6.45, 7) is 2.13. The Morgan fingerprint density at radius 3 is 2.76 bits per heavy atom. The standard InChI is InChI=1S/C21H20N6OS/c1-2-3-11-18-24-25-21(29-18)23-20(28)17-14-27(16-9-5-4-6-10-16)26-19(17)15-8-7-12-22-13-15/h4-10,12-14H,2-3,11H2,1H3,(H,23,25,28). The van der Waals surface area contributed by atoms with Crippen molar-refractivity contribution in [2.45, 2.75) is 26.2 Å². The van der Waals surface area contributed by atoms with E-state index in [2.05, 4.69) is 32.5 Å². The van der Waals surface area contributed by atoms with Gasteiger partial charge in [-0.15, -0.1) is 10.2 Å². The van der Waals surface area contributed by atoms with Crippen LogP contribution in [-0.2, 0) is 6.42 Å². The maximum absolute atomic E-state index is 13.0. The predicted octanol–water partition coefficient (Wildman–Crippen LogP) is 4.38. The Hall–Kier alpha value is -3.39. The highest BCUT2D eigenvalue weighted by molar-refractivity contribution is 7.15. The van der Waals surface area contributed by atoms with Gasteiger partial charge in [0.1, 0.15) is 10.7 Å². The van der Waals surface area contributed by atoms with Gasteiger partial charge in [-0.25, -0.2) is 4.68 Å². The number of carbonyl (C=O) groups is 1. The minimum atomic E-state index is -0.274. The minimum Gasteiger partial charge on any atom is -0.296 e. The molecule has 1 N–H and O–H groups in total. The lowest BCUT2D eigenvalue weighted by Gasteiger charge is -2.01. The second-order valence-corrected chi connectivity index (χ2v) is 7.53. The largest absolute Gasteiger partial charge is 0.296 e. The molecule has 0 saturated carbocycles. The van der Waals surface area contributed by atoms with E-state index >= 15 is 0 Å². The van der Waals surface area contributed by atoms with Gasteiger partial charge < -0.3 is 0 Å². The van der Waals surface area contributed by atoms with Gasteiger partial charge in [-0.05, 0) is 30.7 Å². The van der Waals surface area contributed by atoms with Crippen LogP contribution in [0.5, 0.6) is 0 Å².